The summed E-state index contributed by atoms with van der Waals surface area (Å²) in [5, 5.41) is 5.81. The zero-order chi connectivity index (χ0) is 15.3. The Balaban J connectivity index is 2.70. The van der Waals surface area contributed by atoms with E-state index in [9.17, 15) is 9.59 Å². The van der Waals surface area contributed by atoms with E-state index in [-0.39, 0.29) is 5.91 Å². The van der Waals surface area contributed by atoms with Crippen molar-refractivity contribution in [1.82, 2.24) is 15.5 Å². The first-order valence-electron chi connectivity index (χ1n) is 6.77. The highest BCUT2D eigenvalue weighted by Gasteiger charge is 2.31. The molecule has 1 aliphatic rings. The molecule has 1 rings (SSSR count). The van der Waals surface area contributed by atoms with E-state index in [0.29, 0.717) is 18.1 Å². The van der Waals surface area contributed by atoms with E-state index >= 15 is 0 Å². The molecule has 6 nitrogen and oxygen atoms in total. The molecule has 2 amide bonds. The summed E-state index contributed by atoms with van der Waals surface area (Å²) in [7, 11) is 1.68. The van der Waals surface area contributed by atoms with E-state index in [1.807, 2.05) is 0 Å². The molecule has 0 aromatic carbocycles. The molecule has 1 heterocycles. The molecule has 0 aliphatic carbocycles. The average Bonchev–Trinajstić information content (AvgIpc) is 2.49. The molecule has 114 valence electrons. The van der Waals surface area contributed by atoms with Crippen molar-refractivity contribution < 1.29 is 14.3 Å². The van der Waals surface area contributed by atoms with Crippen LogP contribution in [0.15, 0.2) is 0 Å². The topological polar surface area (TPSA) is 70.7 Å². The number of ether oxygens (including phenoxy) is 1. The van der Waals surface area contributed by atoms with Gasteiger partial charge in [-0.1, -0.05) is 0 Å². The Kier molecular flexibility index (Phi) is 5.74. The van der Waals surface area contributed by atoms with Gasteiger partial charge in [0.2, 0.25) is 0 Å². The number of thiocarbonyl (C=S) groups is 1. The van der Waals surface area contributed by atoms with Gasteiger partial charge in [-0.2, -0.15) is 0 Å². The minimum atomic E-state index is -0.585. The Morgan fingerprint density at radius 3 is 2.60 bits per heavy atom. The van der Waals surface area contributed by atoms with Crippen molar-refractivity contribution in [3.63, 3.8) is 0 Å². The van der Waals surface area contributed by atoms with Gasteiger partial charge in [-0.25, -0.2) is 4.79 Å². The summed E-state index contributed by atoms with van der Waals surface area (Å²) >= 11 is 5.12. The lowest BCUT2D eigenvalue weighted by atomic mass is 10.1. The summed E-state index contributed by atoms with van der Waals surface area (Å²) in [6.07, 6.45) is 1.74. The van der Waals surface area contributed by atoms with Crippen LogP contribution in [0.4, 0.5) is 4.79 Å². The number of hydrogen-bond acceptors (Lipinski definition) is 4. The summed E-state index contributed by atoms with van der Waals surface area (Å²) < 4.78 is 5.18. The minimum Gasteiger partial charge on any atom is -0.444 e. The molecule has 0 bridgehead atoms. The van der Waals surface area contributed by atoms with Crippen LogP contribution in [-0.4, -0.2) is 47.2 Å². The maximum absolute atomic E-state index is 12.4. The van der Waals surface area contributed by atoms with Gasteiger partial charge in [-0.05, 0) is 52.3 Å². The normalized spacial score (nSPS) is 20.1. The number of nitrogens with one attached hydrogen (secondary N) is 2. The number of carbonyl (C=O) groups excluding carboxylic acids is 2. The van der Waals surface area contributed by atoms with Crippen molar-refractivity contribution in [1.29, 1.82) is 0 Å². The molecule has 0 saturated carbocycles. The lowest BCUT2D eigenvalue weighted by Crippen LogP contribution is -2.52. The van der Waals surface area contributed by atoms with Crippen LogP contribution in [0.3, 0.4) is 0 Å². The highest BCUT2D eigenvalue weighted by atomic mass is 32.1. The number of amides is 2. The lowest BCUT2D eigenvalue weighted by molar-refractivity contribution is -0.129. The van der Waals surface area contributed by atoms with Crippen LogP contribution in [-0.2, 0) is 9.53 Å². The molecule has 20 heavy (non-hydrogen) atoms. The van der Waals surface area contributed by atoms with Gasteiger partial charge in [0.05, 0.1) is 0 Å². The molecule has 0 spiro atoms. The number of rotatable bonds is 1. The first-order valence-corrected chi connectivity index (χ1v) is 7.18. The number of nitrogens with zero attached hydrogens (tertiary/aromatic N) is 1. The molecule has 2 N–H and O–H groups in total. The summed E-state index contributed by atoms with van der Waals surface area (Å²) in [4.78, 5) is 25.7. The highest BCUT2D eigenvalue weighted by Crippen LogP contribution is 2.14. The maximum atomic E-state index is 12.4. The van der Waals surface area contributed by atoms with Crippen molar-refractivity contribution in [2.45, 2.75) is 51.7 Å². The Morgan fingerprint density at radius 1 is 1.40 bits per heavy atom. The van der Waals surface area contributed by atoms with E-state index in [1.165, 1.54) is 4.90 Å². The second-order valence-electron chi connectivity index (χ2n) is 5.74. The van der Waals surface area contributed by atoms with Crippen LogP contribution in [0, 0.1) is 0 Å². The molecule has 1 aliphatic heterocycles. The van der Waals surface area contributed by atoms with Crippen molar-refractivity contribution >= 4 is 29.3 Å². The van der Waals surface area contributed by atoms with Crippen molar-refractivity contribution in [3.05, 3.63) is 0 Å². The van der Waals surface area contributed by atoms with Gasteiger partial charge < -0.3 is 15.4 Å². The molecular formula is C13H23N3O3S. The lowest BCUT2D eigenvalue weighted by Gasteiger charge is -2.26. The summed E-state index contributed by atoms with van der Waals surface area (Å²) in [6, 6.07) is -0.585. The largest absolute Gasteiger partial charge is 0.444 e. The zero-order valence-electron chi connectivity index (χ0n) is 12.5. The molecule has 7 heteroatoms. The Hall–Kier alpha value is -1.37. The molecule has 1 fully saturated rings. The SMILES string of the molecule is CNC(=S)N1CCCC[C@H](NC(=O)OC(C)(C)C)C1=O. The molecule has 0 unspecified atom stereocenters. The molecule has 0 aromatic heterocycles. The van der Waals surface area contributed by atoms with Crippen LogP contribution in [0.5, 0.6) is 0 Å². The summed E-state index contributed by atoms with van der Waals surface area (Å²) in [5.41, 5.74) is -0.585. The molecular weight excluding hydrogens is 278 g/mol. The smallest absolute Gasteiger partial charge is 0.408 e. The van der Waals surface area contributed by atoms with Crippen LogP contribution >= 0.6 is 12.2 Å². The van der Waals surface area contributed by atoms with E-state index in [1.54, 1.807) is 27.8 Å². The number of carbonyl (C=O) groups is 2. The van der Waals surface area contributed by atoms with E-state index in [4.69, 9.17) is 17.0 Å². The number of likely N-dealkylation sites (tertiary alicyclic amines) is 1. The van der Waals surface area contributed by atoms with Gasteiger partial charge in [0.1, 0.15) is 11.6 Å². The summed E-state index contributed by atoms with van der Waals surface area (Å²) in [5.74, 6) is -0.187. The van der Waals surface area contributed by atoms with E-state index in [2.05, 4.69) is 10.6 Å². The molecule has 1 atom stereocenters. The second kappa shape index (κ2) is 6.88. The fourth-order valence-electron chi connectivity index (χ4n) is 1.96. The monoisotopic (exact) mass is 301 g/mol. The van der Waals surface area contributed by atoms with Crippen molar-refractivity contribution in [3.8, 4) is 0 Å². The predicted octanol–water partition coefficient (Wildman–Crippen LogP) is 1.40. The minimum absolute atomic E-state index is 0.187. The quantitative estimate of drug-likeness (QED) is 0.716. The number of hydrogen-bond donors (Lipinski definition) is 2. The molecule has 0 radical (unpaired) electrons. The van der Waals surface area contributed by atoms with Crippen molar-refractivity contribution in [2.24, 2.45) is 0 Å². The first kappa shape index (κ1) is 16.7. The first-order chi connectivity index (χ1) is 9.24. The zero-order valence-corrected chi connectivity index (χ0v) is 13.3. The Bertz CT molecular complexity index is 393. The second-order valence-corrected chi connectivity index (χ2v) is 6.13. The predicted molar refractivity (Wildman–Crippen MR) is 80.4 cm³/mol. The third-order valence-corrected chi connectivity index (χ3v) is 3.26. The van der Waals surface area contributed by atoms with Gasteiger partial charge in [0.15, 0.2) is 5.11 Å². The van der Waals surface area contributed by atoms with Gasteiger partial charge >= 0.3 is 6.09 Å². The van der Waals surface area contributed by atoms with Crippen molar-refractivity contribution in [2.75, 3.05) is 13.6 Å². The molecule has 0 aromatic rings. The third kappa shape index (κ3) is 4.96. The summed E-state index contributed by atoms with van der Waals surface area (Å²) in [6.45, 7) is 5.92. The van der Waals surface area contributed by atoms with Crippen LogP contribution in [0.1, 0.15) is 40.0 Å². The van der Waals surface area contributed by atoms with E-state index < -0.39 is 17.7 Å². The van der Waals surface area contributed by atoms with Gasteiger partial charge in [0.25, 0.3) is 5.91 Å². The van der Waals surface area contributed by atoms with Gasteiger partial charge in [0, 0.05) is 13.6 Å². The Morgan fingerprint density at radius 2 is 2.05 bits per heavy atom. The highest BCUT2D eigenvalue weighted by molar-refractivity contribution is 7.80. The van der Waals surface area contributed by atoms with Crippen LogP contribution in [0.25, 0.3) is 0 Å². The van der Waals surface area contributed by atoms with E-state index in [0.717, 1.165) is 12.8 Å². The van der Waals surface area contributed by atoms with Crippen LogP contribution < -0.4 is 10.6 Å². The maximum Gasteiger partial charge on any atom is 0.408 e. The molecule has 1 saturated heterocycles. The fourth-order valence-corrected chi connectivity index (χ4v) is 2.14. The number of alkyl carbamates (subject to hydrolysis) is 1. The van der Waals surface area contributed by atoms with Gasteiger partial charge in [-0.3, -0.25) is 9.69 Å². The van der Waals surface area contributed by atoms with Gasteiger partial charge in [-0.15, -0.1) is 0 Å². The standard InChI is InChI=1S/C13H23N3O3S/c1-13(2,3)19-12(18)15-9-7-5-6-8-16(10(9)17)11(20)14-4/h9H,5-8H2,1-4H3,(H,14,20)(H,15,18)/t9-/m0/s1. The third-order valence-electron chi connectivity index (χ3n) is 2.84. The Labute approximate surface area is 125 Å². The average molecular weight is 301 g/mol. The van der Waals surface area contributed by atoms with Crippen LogP contribution in [0.2, 0.25) is 0 Å². The fraction of sp³-hybridized carbons (Fsp3) is 0.769.